The van der Waals surface area contributed by atoms with Crippen LogP contribution in [0, 0.1) is 0 Å². The predicted octanol–water partition coefficient (Wildman–Crippen LogP) is 2.04. The van der Waals surface area contributed by atoms with Crippen LogP contribution < -0.4 is 4.74 Å². The molecule has 1 aliphatic rings. The number of ether oxygens (including phenoxy) is 1. The molecule has 0 amide bonds. The van der Waals surface area contributed by atoms with Gasteiger partial charge in [0, 0.05) is 6.42 Å². The number of fused-ring (bicyclic) bond motifs is 1. The summed E-state index contributed by atoms with van der Waals surface area (Å²) in [6.45, 7) is 0. The Hall–Kier alpha value is -1.84. The third-order valence-corrected chi connectivity index (χ3v) is 3.19. The molecule has 3 heteroatoms. The van der Waals surface area contributed by atoms with Gasteiger partial charge in [-0.15, -0.1) is 0 Å². The van der Waals surface area contributed by atoms with Crippen molar-refractivity contribution >= 4 is 0 Å². The van der Waals surface area contributed by atoms with Crippen LogP contribution in [-0.2, 0) is 6.42 Å². The maximum absolute atomic E-state index is 10.2. The maximum Gasteiger partial charge on any atom is 0.209 e. The average Bonchev–Trinajstić information content (AvgIpc) is 2.38. The van der Waals surface area contributed by atoms with Crippen LogP contribution in [0.3, 0.4) is 0 Å². The van der Waals surface area contributed by atoms with E-state index in [1.54, 1.807) is 0 Å². The van der Waals surface area contributed by atoms with Gasteiger partial charge in [0.05, 0.1) is 0 Å². The SMILES string of the molecule is OC1(O)Cc2ccccc2OC1c1ccccc1. The Morgan fingerprint density at radius 2 is 1.61 bits per heavy atom. The van der Waals surface area contributed by atoms with Gasteiger partial charge in [-0.25, -0.2) is 0 Å². The topological polar surface area (TPSA) is 49.7 Å². The molecule has 0 saturated heterocycles. The van der Waals surface area contributed by atoms with E-state index in [1.165, 1.54) is 0 Å². The molecule has 0 spiro atoms. The molecule has 18 heavy (non-hydrogen) atoms. The van der Waals surface area contributed by atoms with Crippen molar-refractivity contribution < 1.29 is 14.9 Å². The highest BCUT2D eigenvalue weighted by molar-refractivity contribution is 5.38. The summed E-state index contributed by atoms with van der Waals surface area (Å²) < 4.78 is 5.73. The fraction of sp³-hybridized carbons (Fsp3) is 0.200. The molecule has 1 heterocycles. The van der Waals surface area contributed by atoms with Gasteiger partial charge in [0.2, 0.25) is 5.79 Å². The van der Waals surface area contributed by atoms with Crippen LogP contribution >= 0.6 is 0 Å². The summed E-state index contributed by atoms with van der Waals surface area (Å²) in [7, 11) is 0. The minimum Gasteiger partial charge on any atom is -0.480 e. The van der Waals surface area contributed by atoms with Gasteiger partial charge in [-0.3, -0.25) is 0 Å². The molecule has 0 aliphatic carbocycles. The van der Waals surface area contributed by atoms with Crippen molar-refractivity contribution in [2.24, 2.45) is 0 Å². The van der Waals surface area contributed by atoms with E-state index in [9.17, 15) is 10.2 Å². The van der Waals surface area contributed by atoms with E-state index in [0.29, 0.717) is 5.75 Å². The van der Waals surface area contributed by atoms with Crippen LogP contribution in [0.5, 0.6) is 5.75 Å². The van der Waals surface area contributed by atoms with Crippen LogP contribution in [0.4, 0.5) is 0 Å². The highest BCUT2D eigenvalue weighted by atomic mass is 16.6. The minimum absolute atomic E-state index is 0.169. The molecule has 1 atom stereocenters. The van der Waals surface area contributed by atoms with Crippen molar-refractivity contribution in [3.63, 3.8) is 0 Å². The summed E-state index contributed by atoms with van der Waals surface area (Å²) in [5.74, 6) is -1.17. The fourth-order valence-electron chi connectivity index (χ4n) is 2.32. The molecule has 1 aliphatic heterocycles. The molecule has 0 aromatic heterocycles. The van der Waals surface area contributed by atoms with Gasteiger partial charge in [-0.05, 0) is 17.2 Å². The van der Waals surface area contributed by atoms with E-state index >= 15 is 0 Å². The molecule has 3 rings (SSSR count). The smallest absolute Gasteiger partial charge is 0.209 e. The second-order valence-corrected chi connectivity index (χ2v) is 4.57. The van der Waals surface area contributed by atoms with E-state index < -0.39 is 11.9 Å². The number of rotatable bonds is 1. The van der Waals surface area contributed by atoms with Gasteiger partial charge in [-0.1, -0.05) is 48.5 Å². The fourth-order valence-corrected chi connectivity index (χ4v) is 2.32. The largest absolute Gasteiger partial charge is 0.480 e. The Kier molecular flexibility index (Phi) is 2.58. The normalized spacial score (nSPS) is 20.9. The third kappa shape index (κ3) is 1.88. The highest BCUT2D eigenvalue weighted by Crippen LogP contribution is 2.39. The second kappa shape index (κ2) is 4.12. The lowest BCUT2D eigenvalue weighted by molar-refractivity contribution is -0.226. The molecule has 2 N–H and O–H groups in total. The number of hydrogen-bond donors (Lipinski definition) is 2. The molecular weight excluding hydrogens is 228 g/mol. The van der Waals surface area contributed by atoms with Crippen LogP contribution in [0.25, 0.3) is 0 Å². The van der Waals surface area contributed by atoms with Gasteiger partial charge < -0.3 is 14.9 Å². The van der Waals surface area contributed by atoms with Gasteiger partial charge in [0.1, 0.15) is 5.75 Å². The van der Waals surface area contributed by atoms with Gasteiger partial charge >= 0.3 is 0 Å². The second-order valence-electron chi connectivity index (χ2n) is 4.57. The standard InChI is InChI=1S/C15H14O3/c16-15(17)10-12-8-4-5-9-13(12)18-14(15)11-6-2-1-3-7-11/h1-9,14,16-17H,10H2. The molecule has 1 unspecified atom stereocenters. The monoisotopic (exact) mass is 242 g/mol. The first kappa shape index (κ1) is 11.3. The van der Waals surface area contributed by atoms with Crippen molar-refractivity contribution in [2.75, 3.05) is 0 Å². The maximum atomic E-state index is 10.2. The third-order valence-electron chi connectivity index (χ3n) is 3.19. The Morgan fingerprint density at radius 1 is 0.944 bits per heavy atom. The number of para-hydroxylation sites is 1. The van der Waals surface area contributed by atoms with Crippen molar-refractivity contribution in [3.8, 4) is 5.75 Å². The zero-order valence-electron chi connectivity index (χ0n) is 9.78. The molecular formula is C15H14O3. The van der Waals surface area contributed by atoms with Crippen molar-refractivity contribution in [1.29, 1.82) is 0 Å². The number of benzene rings is 2. The van der Waals surface area contributed by atoms with E-state index in [1.807, 2.05) is 54.6 Å². The highest BCUT2D eigenvalue weighted by Gasteiger charge is 2.42. The van der Waals surface area contributed by atoms with E-state index in [4.69, 9.17) is 4.74 Å². The van der Waals surface area contributed by atoms with E-state index in [2.05, 4.69) is 0 Å². The summed E-state index contributed by atoms with van der Waals surface area (Å²) in [5, 5.41) is 20.3. The molecule has 2 aromatic carbocycles. The van der Waals surface area contributed by atoms with Crippen LogP contribution in [0.1, 0.15) is 17.2 Å². The zero-order chi connectivity index (χ0) is 12.6. The lowest BCUT2D eigenvalue weighted by Gasteiger charge is -2.37. The Labute approximate surface area is 105 Å². The molecule has 0 fully saturated rings. The van der Waals surface area contributed by atoms with Gasteiger partial charge in [0.25, 0.3) is 0 Å². The first-order valence-electron chi connectivity index (χ1n) is 5.91. The number of aliphatic hydroxyl groups is 2. The lowest BCUT2D eigenvalue weighted by Crippen LogP contribution is -2.44. The molecule has 0 bridgehead atoms. The van der Waals surface area contributed by atoms with E-state index in [-0.39, 0.29) is 6.42 Å². The average molecular weight is 242 g/mol. The summed E-state index contributed by atoms with van der Waals surface area (Å²) in [5.41, 5.74) is 1.58. The quantitative estimate of drug-likeness (QED) is 0.752. The molecule has 92 valence electrons. The first-order valence-corrected chi connectivity index (χ1v) is 5.91. The van der Waals surface area contributed by atoms with E-state index in [0.717, 1.165) is 11.1 Å². The van der Waals surface area contributed by atoms with Crippen LogP contribution in [0.2, 0.25) is 0 Å². The Bertz CT molecular complexity index is 549. The Morgan fingerprint density at radius 3 is 2.39 bits per heavy atom. The summed E-state index contributed by atoms with van der Waals surface area (Å²) in [4.78, 5) is 0. The lowest BCUT2D eigenvalue weighted by atomic mass is 9.92. The summed E-state index contributed by atoms with van der Waals surface area (Å²) in [6, 6.07) is 16.7. The van der Waals surface area contributed by atoms with Crippen molar-refractivity contribution in [1.82, 2.24) is 0 Å². The first-order chi connectivity index (χ1) is 8.67. The zero-order valence-corrected chi connectivity index (χ0v) is 9.78. The molecule has 2 aromatic rings. The molecule has 3 nitrogen and oxygen atoms in total. The van der Waals surface area contributed by atoms with Crippen LogP contribution in [0.15, 0.2) is 54.6 Å². The number of hydrogen-bond acceptors (Lipinski definition) is 3. The van der Waals surface area contributed by atoms with Gasteiger partial charge in [-0.2, -0.15) is 0 Å². The Balaban J connectivity index is 2.02. The van der Waals surface area contributed by atoms with Crippen LogP contribution in [-0.4, -0.2) is 16.0 Å². The predicted molar refractivity (Wildman–Crippen MR) is 67.1 cm³/mol. The molecule has 0 radical (unpaired) electrons. The summed E-state index contributed by atoms with van der Waals surface area (Å²) in [6.07, 6.45) is -0.587. The molecule has 0 saturated carbocycles. The summed E-state index contributed by atoms with van der Waals surface area (Å²) >= 11 is 0. The van der Waals surface area contributed by atoms with Gasteiger partial charge in [0.15, 0.2) is 6.10 Å². The minimum atomic E-state index is -1.88. The van der Waals surface area contributed by atoms with Crippen molar-refractivity contribution in [3.05, 3.63) is 65.7 Å². The van der Waals surface area contributed by atoms with Crippen molar-refractivity contribution in [2.45, 2.75) is 18.3 Å².